The van der Waals surface area contributed by atoms with Crippen LogP contribution >= 0.6 is 57.1 Å². The van der Waals surface area contributed by atoms with E-state index in [0.29, 0.717) is 26.9 Å². The Morgan fingerprint density at radius 3 is 2.63 bits per heavy atom. The van der Waals surface area contributed by atoms with Crippen LogP contribution in [-0.2, 0) is 0 Å². The summed E-state index contributed by atoms with van der Waals surface area (Å²) in [6.45, 7) is 0. The number of halogens is 3. The van der Waals surface area contributed by atoms with Crippen molar-refractivity contribution in [3.05, 3.63) is 79.8 Å². The molecule has 0 aliphatic rings. The summed E-state index contributed by atoms with van der Waals surface area (Å²) in [6.07, 6.45) is 0. The second-order valence-corrected chi connectivity index (χ2v) is 8.88. The summed E-state index contributed by atoms with van der Waals surface area (Å²) < 4.78 is 2.03. The molecule has 0 atom stereocenters. The quantitative estimate of drug-likeness (QED) is 0.290. The molecule has 0 saturated carbocycles. The summed E-state index contributed by atoms with van der Waals surface area (Å²) in [5.74, 6) is -0.236. The Hall–Kier alpha value is -1.67. The number of nitrogens with one attached hydrogen (secondary N) is 1. The summed E-state index contributed by atoms with van der Waals surface area (Å²) in [6, 6.07) is 18.6. The van der Waals surface area contributed by atoms with Crippen molar-refractivity contribution < 1.29 is 4.79 Å². The van der Waals surface area contributed by atoms with Gasteiger partial charge in [0.15, 0.2) is 0 Å². The average Bonchev–Trinajstić information content (AvgIpc) is 3.07. The third-order valence-electron chi connectivity index (χ3n) is 3.90. The second-order valence-electron chi connectivity index (χ2n) is 5.76. The van der Waals surface area contributed by atoms with Gasteiger partial charge in [0.25, 0.3) is 5.91 Å². The minimum Gasteiger partial charge on any atom is -0.320 e. The lowest BCUT2D eigenvalue weighted by atomic mass is 10.1. The van der Waals surface area contributed by atoms with Gasteiger partial charge < -0.3 is 5.32 Å². The predicted molar refractivity (Wildman–Crippen MR) is 122 cm³/mol. The van der Waals surface area contributed by atoms with Crippen LogP contribution in [-0.4, -0.2) is 10.9 Å². The first-order chi connectivity index (χ1) is 13.0. The molecule has 0 saturated heterocycles. The molecule has 27 heavy (non-hydrogen) atoms. The van der Waals surface area contributed by atoms with Gasteiger partial charge >= 0.3 is 0 Å². The standard InChI is InChI=1S/C20H11Cl2IN2OS/c21-12-9-14(20-24-16-6-1-2-7-17(16)27-20)18(15(22)10-12)25-19(26)11-4-3-5-13(23)8-11/h1-10H,(H,25,26). The monoisotopic (exact) mass is 524 g/mol. The third-order valence-corrected chi connectivity index (χ3v) is 6.16. The van der Waals surface area contributed by atoms with Gasteiger partial charge in [-0.05, 0) is 65.1 Å². The van der Waals surface area contributed by atoms with Crippen molar-refractivity contribution in [2.75, 3.05) is 5.32 Å². The van der Waals surface area contributed by atoms with Gasteiger partial charge in [0.05, 0.1) is 20.9 Å². The average molecular weight is 525 g/mol. The topological polar surface area (TPSA) is 42.0 Å². The number of hydrogen-bond acceptors (Lipinski definition) is 3. The van der Waals surface area contributed by atoms with Gasteiger partial charge in [-0.15, -0.1) is 11.3 Å². The number of benzene rings is 3. The minimum atomic E-state index is -0.236. The SMILES string of the molecule is O=C(Nc1c(Cl)cc(Cl)cc1-c1nc2ccccc2s1)c1cccc(I)c1. The molecule has 0 radical (unpaired) electrons. The summed E-state index contributed by atoms with van der Waals surface area (Å²) in [4.78, 5) is 17.4. The molecule has 1 heterocycles. The summed E-state index contributed by atoms with van der Waals surface area (Å²) >= 11 is 16.3. The van der Waals surface area contributed by atoms with Crippen LogP contribution in [0.1, 0.15) is 10.4 Å². The first kappa shape index (κ1) is 18.7. The molecule has 0 aliphatic carbocycles. The van der Waals surface area contributed by atoms with Gasteiger partial charge in [-0.1, -0.05) is 41.4 Å². The zero-order valence-electron chi connectivity index (χ0n) is 13.7. The Morgan fingerprint density at radius 2 is 1.85 bits per heavy atom. The highest BCUT2D eigenvalue weighted by molar-refractivity contribution is 14.1. The number of thiazole rings is 1. The van der Waals surface area contributed by atoms with Crippen LogP contribution in [0.2, 0.25) is 10.0 Å². The fraction of sp³-hybridized carbons (Fsp3) is 0. The van der Waals surface area contributed by atoms with Gasteiger partial charge in [-0.25, -0.2) is 4.98 Å². The second kappa shape index (κ2) is 7.75. The number of para-hydroxylation sites is 1. The molecule has 0 aliphatic heterocycles. The molecule has 3 aromatic carbocycles. The van der Waals surface area contributed by atoms with E-state index in [1.807, 2.05) is 42.5 Å². The number of carbonyl (C=O) groups excluding carboxylic acids is 1. The van der Waals surface area contributed by atoms with Crippen molar-refractivity contribution in [2.24, 2.45) is 0 Å². The Labute approximate surface area is 183 Å². The maximum absolute atomic E-state index is 12.7. The molecular weight excluding hydrogens is 514 g/mol. The van der Waals surface area contributed by atoms with Crippen molar-refractivity contribution in [1.29, 1.82) is 0 Å². The van der Waals surface area contributed by atoms with Crippen LogP contribution in [0.4, 0.5) is 5.69 Å². The highest BCUT2D eigenvalue weighted by Crippen LogP contribution is 2.40. The molecule has 1 N–H and O–H groups in total. The highest BCUT2D eigenvalue weighted by Gasteiger charge is 2.18. The lowest BCUT2D eigenvalue weighted by molar-refractivity contribution is 0.102. The summed E-state index contributed by atoms with van der Waals surface area (Å²) in [5, 5.41) is 4.53. The van der Waals surface area contributed by atoms with Crippen LogP contribution in [0.5, 0.6) is 0 Å². The fourth-order valence-corrected chi connectivity index (χ4v) is 4.74. The molecule has 4 aromatic rings. The van der Waals surface area contributed by atoms with Gasteiger partial charge in [0.2, 0.25) is 0 Å². The highest BCUT2D eigenvalue weighted by atomic mass is 127. The normalized spacial score (nSPS) is 10.9. The predicted octanol–water partition coefficient (Wildman–Crippen LogP) is 7.13. The molecule has 1 amide bonds. The van der Waals surface area contributed by atoms with E-state index in [4.69, 9.17) is 23.2 Å². The fourth-order valence-electron chi connectivity index (χ4n) is 2.67. The first-order valence-electron chi connectivity index (χ1n) is 7.93. The van der Waals surface area contributed by atoms with Crippen molar-refractivity contribution in [2.45, 2.75) is 0 Å². The zero-order valence-corrected chi connectivity index (χ0v) is 18.2. The maximum Gasteiger partial charge on any atom is 0.255 e. The number of rotatable bonds is 3. The van der Waals surface area contributed by atoms with Crippen LogP contribution in [0, 0.1) is 3.57 Å². The Kier molecular flexibility index (Phi) is 5.36. The summed E-state index contributed by atoms with van der Waals surface area (Å²) in [5.41, 5.74) is 2.66. The van der Waals surface area contributed by atoms with Gasteiger partial charge in [-0.3, -0.25) is 4.79 Å². The van der Waals surface area contributed by atoms with E-state index >= 15 is 0 Å². The molecule has 0 bridgehead atoms. The number of nitrogens with zero attached hydrogens (tertiary/aromatic N) is 1. The number of carbonyl (C=O) groups is 1. The van der Waals surface area contributed by atoms with Crippen LogP contribution in [0.15, 0.2) is 60.7 Å². The molecule has 134 valence electrons. The molecule has 0 unspecified atom stereocenters. The lowest BCUT2D eigenvalue weighted by Gasteiger charge is -2.12. The number of hydrogen-bond donors (Lipinski definition) is 1. The maximum atomic E-state index is 12.7. The zero-order chi connectivity index (χ0) is 19.0. The molecule has 3 nitrogen and oxygen atoms in total. The van der Waals surface area contributed by atoms with E-state index in [1.54, 1.807) is 18.2 Å². The molecular formula is C20H11Cl2IN2OS. The van der Waals surface area contributed by atoms with Crippen molar-refractivity contribution in [1.82, 2.24) is 4.98 Å². The first-order valence-corrected chi connectivity index (χ1v) is 10.6. The Balaban J connectivity index is 1.79. The van der Waals surface area contributed by atoms with E-state index in [9.17, 15) is 4.79 Å². The van der Waals surface area contributed by atoms with Crippen LogP contribution in [0.25, 0.3) is 20.8 Å². The van der Waals surface area contributed by atoms with Crippen molar-refractivity contribution in [3.8, 4) is 10.6 Å². The smallest absolute Gasteiger partial charge is 0.255 e. The molecule has 1 aromatic heterocycles. The lowest BCUT2D eigenvalue weighted by Crippen LogP contribution is -2.13. The Bertz CT molecular complexity index is 1140. The number of amides is 1. The molecule has 0 fully saturated rings. The van der Waals surface area contributed by atoms with Crippen LogP contribution in [0.3, 0.4) is 0 Å². The van der Waals surface area contributed by atoms with Crippen molar-refractivity contribution >= 4 is 78.9 Å². The minimum absolute atomic E-state index is 0.236. The Morgan fingerprint density at radius 1 is 1.04 bits per heavy atom. The van der Waals surface area contributed by atoms with Gasteiger partial charge in [0.1, 0.15) is 5.01 Å². The van der Waals surface area contributed by atoms with E-state index in [2.05, 4.69) is 32.9 Å². The largest absolute Gasteiger partial charge is 0.320 e. The van der Waals surface area contributed by atoms with Crippen LogP contribution < -0.4 is 5.32 Å². The molecule has 4 rings (SSSR count). The van der Waals surface area contributed by atoms with E-state index in [-0.39, 0.29) is 5.91 Å². The number of fused-ring (bicyclic) bond motifs is 1. The third kappa shape index (κ3) is 3.96. The number of aromatic nitrogens is 1. The van der Waals surface area contributed by atoms with Gasteiger partial charge in [0, 0.05) is 19.7 Å². The van der Waals surface area contributed by atoms with E-state index in [1.165, 1.54) is 11.3 Å². The van der Waals surface area contributed by atoms with Gasteiger partial charge in [-0.2, -0.15) is 0 Å². The van der Waals surface area contributed by atoms with E-state index in [0.717, 1.165) is 18.8 Å². The number of anilines is 1. The van der Waals surface area contributed by atoms with Crippen molar-refractivity contribution in [3.63, 3.8) is 0 Å². The molecule has 0 spiro atoms. The molecule has 7 heteroatoms. The van der Waals surface area contributed by atoms with E-state index < -0.39 is 0 Å². The summed E-state index contributed by atoms with van der Waals surface area (Å²) in [7, 11) is 0.